The van der Waals surface area contributed by atoms with Gasteiger partial charge in [-0.15, -0.1) is 0 Å². The van der Waals surface area contributed by atoms with E-state index in [4.69, 9.17) is 23.7 Å². The maximum Gasteiger partial charge on any atom is 0.229 e. The molecule has 0 aromatic rings. The summed E-state index contributed by atoms with van der Waals surface area (Å²) in [4.78, 5) is 90.5. The fraction of sp³-hybridized carbons (Fsp3) is 0.939. The average Bonchev–Trinajstić information content (AvgIpc) is 1.75. The second-order valence-corrected chi connectivity index (χ2v) is 42.1. The van der Waals surface area contributed by atoms with E-state index in [1.807, 2.05) is 20.8 Å². The van der Waals surface area contributed by atoms with Crippen molar-refractivity contribution in [1.29, 1.82) is 0 Å². The van der Waals surface area contributed by atoms with E-state index in [1.165, 1.54) is 12.8 Å². The maximum absolute atomic E-state index is 13.1. The van der Waals surface area contributed by atoms with Crippen molar-refractivity contribution < 1.29 is 52.5 Å². The summed E-state index contributed by atoms with van der Waals surface area (Å²) in [5.74, 6) is 11.1. The summed E-state index contributed by atoms with van der Waals surface area (Å²) in [6.45, 7) is 85.3. The van der Waals surface area contributed by atoms with Crippen molar-refractivity contribution in [2.75, 3.05) is 74.9 Å². The smallest absolute Gasteiger partial charge is 0.229 e. The highest BCUT2D eigenvalue weighted by Crippen LogP contribution is 2.40. The zero-order valence-corrected chi connectivity index (χ0v) is 82.9. The van der Waals surface area contributed by atoms with Crippen LogP contribution in [0.25, 0.3) is 0 Å². The molecule has 18 atom stereocenters. The summed E-state index contributed by atoms with van der Waals surface area (Å²) in [7, 11) is 8.56. The van der Waals surface area contributed by atoms with Crippen LogP contribution in [-0.4, -0.2) is 206 Å². The minimum absolute atomic E-state index is 0.0174. The third-order valence-electron chi connectivity index (χ3n) is 27.3. The summed E-state index contributed by atoms with van der Waals surface area (Å²) in [5.41, 5.74) is 0. The Kier molecular flexibility index (Phi) is 49.7. The predicted molar refractivity (Wildman–Crippen MR) is 481 cm³/mol. The third kappa shape index (κ3) is 31.8. The first kappa shape index (κ1) is 110. The van der Waals surface area contributed by atoms with E-state index in [1.54, 1.807) is 35.5 Å². The normalized spacial score (nSPS) is 25.6. The Morgan fingerprint density at radius 1 is 0.261 bits per heavy atom. The Hall–Kier alpha value is -3.38. The van der Waals surface area contributed by atoms with E-state index in [9.17, 15) is 28.8 Å². The van der Waals surface area contributed by atoms with Gasteiger partial charge in [0.05, 0.1) is 49.3 Å². The van der Waals surface area contributed by atoms with Gasteiger partial charge in [-0.05, 0) is 187 Å². The highest BCUT2D eigenvalue weighted by atomic mass is 16.5. The van der Waals surface area contributed by atoms with E-state index in [-0.39, 0.29) is 77.5 Å². The lowest BCUT2D eigenvalue weighted by Crippen LogP contribution is -2.49. The van der Waals surface area contributed by atoms with Gasteiger partial charge in [0.25, 0.3) is 0 Å². The Morgan fingerprint density at radius 3 is 0.678 bits per heavy atom. The quantitative estimate of drug-likeness (QED) is 0.0648. The molecule has 6 fully saturated rings. The standard InChI is InChI=1S/C17H33NO3.C17H33NO2.2C16H31NO2.2C16H31NO/c1-11(2)15-8-14(10-20-6)9-18(15)17(19)16(12(3)4)13(5)21-7;1-11(2)15-8-14(10-20-7)9-18(15)17(19)16(12(3)4)13(5)6;1-10(2)14-8-12(5)9-17(14)16(18)15(11(3)4)13(6)19-7;1-10(2)14-9-8-12(5)17(14)16(18)15(11(3)4)13(6)19-7;1-10(2)14-8-13(7)9-17(14)16(18)15(11(3)4)12(5)6;1-10(2)14-9-8-13(7)17(14)16(18)15(11(3)4)12(5)6/h11-16H,8-10H2,1-7H3;11-16H,8-10H2,1-7H3;2*10-15H,8-9H2,1-7H3;2*10-15H,8-9H2,1-7H3/t13?,14?,15-,16?;14?,15-;2*12?,13?,14-,15?;2*13?,14-/m000000/s1. The van der Waals surface area contributed by atoms with Crippen LogP contribution in [0.3, 0.4) is 0 Å². The minimum atomic E-state index is -0.0717. The van der Waals surface area contributed by atoms with Gasteiger partial charge >= 0.3 is 0 Å². The van der Waals surface area contributed by atoms with Gasteiger partial charge < -0.3 is 53.1 Å². The molecule has 0 bridgehead atoms. The van der Waals surface area contributed by atoms with Crippen LogP contribution >= 0.6 is 0 Å². The molecule has 0 spiro atoms. The molecule has 0 aliphatic carbocycles. The Labute approximate surface area is 710 Å². The van der Waals surface area contributed by atoms with E-state index in [2.05, 4.69) is 265 Å². The van der Waals surface area contributed by atoms with E-state index in [0.717, 1.165) is 77.9 Å². The van der Waals surface area contributed by atoms with Crippen molar-refractivity contribution >= 4 is 35.4 Å². The van der Waals surface area contributed by atoms with Gasteiger partial charge in [-0.1, -0.05) is 222 Å². The van der Waals surface area contributed by atoms with E-state index < -0.39 is 0 Å². The Bertz CT molecular complexity index is 2710. The fourth-order valence-corrected chi connectivity index (χ4v) is 21.1. The molecular formula is C98H190N6O11. The Balaban J connectivity index is 0.000000691. The predicted octanol–water partition coefficient (Wildman–Crippen LogP) is 20.5. The summed E-state index contributed by atoms with van der Waals surface area (Å²) in [5, 5.41) is 0. The first-order valence-electron chi connectivity index (χ1n) is 46.7. The second-order valence-electron chi connectivity index (χ2n) is 42.1. The van der Waals surface area contributed by atoms with Gasteiger partial charge in [0.2, 0.25) is 35.4 Å². The average molecular weight is 1630 g/mol. The van der Waals surface area contributed by atoms with Crippen molar-refractivity contribution in [3.8, 4) is 0 Å². The van der Waals surface area contributed by atoms with Crippen molar-refractivity contribution in [3.05, 3.63) is 0 Å². The molecule has 0 aromatic heterocycles. The van der Waals surface area contributed by atoms with Crippen molar-refractivity contribution in [2.45, 2.75) is 374 Å². The molecule has 0 aromatic carbocycles. The number of carbonyl (C=O) groups is 6. The molecule has 6 aliphatic heterocycles. The molecule has 12 unspecified atom stereocenters. The minimum Gasteiger partial charge on any atom is -0.384 e. The lowest BCUT2D eigenvalue weighted by atomic mass is 9.83. The monoisotopic (exact) mass is 1630 g/mol. The molecule has 17 heteroatoms. The number of methoxy groups -OCH3 is 5. The van der Waals surface area contributed by atoms with Crippen molar-refractivity contribution in [2.24, 2.45) is 148 Å². The molecule has 678 valence electrons. The summed E-state index contributed by atoms with van der Waals surface area (Å²) < 4.78 is 26.9. The van der Waals surface area contributed by atoms with Crippen LogP contribution in [0.15, 0.2) is 0 Å². The highest BCUT2D eigenvalue weighted by molar-refractivity contribution is 5.83. The topological polar surface area (TPSA) is 168 Å². The number of nitrogens with zero attached hydrogens (tertiary/aromatic N) is 6. The lowest BCUT2D eigenvalue weighted by Gasteiger charge is -2.37. The summed E-state index contributed by atoms with van der Waals surface area (Å²) in [6.07, 6.45) is 8.95. The lowest BCUT2D eigenvalue weighted by molar-refractivity contribution is -0.146. The molecule has 0 N–H and O–H groups in total. The number of hydrogen-bond acceptors (Lipinski definition) is 11. The summed E-state index contributed by atoms with van der Waals surface area (Å²) in [6, 6.07) is 3.18. The van der Waals surface area contributed by atoms with Crippen molar-refractivity contribution in [1.82, 2.24) is 29.4 Å². The zero-order chi connectivity index (χ0) is 89.1. The van der Waals surface area contributed by atoms with Crippen LogP contribution in [0.5, 0.6) is 0 Å². The van der Waals surface area contributed by atoms with Gasteiger partial charge in [0.1, 0.15) is 0 Å². The van der Waals surface area contributed by atoms with Crippen LogP contribution < -0.4 is 0 Å². The van der Waals surface area contributed by atoms with Crippen molar-refractivity contribution in [3.63, 3.8) is 0 Å². The Morgan fingerprint density at radius 2 is 0.461 bits per heavy atom. The van der Waals surface area contributed by atoms with Crippen LogP contribution in [-0.2, 0) is 52.5 Å². The molecule has 6 saturated heterocycles. The molecule has 0 radical (unpaired) electrons. The molecule has 0 saturated carbocycles. The highest BCUT2D eigenvalue weighted by Gasteiger charge is 2.47. The largest absolute Gasteiger partial charge is 0.384 e. The van der Waals surface area contributed by atoms with Gasteiger partial charge in [0, 0.05) is 140 Å². The number of likely N-dealkylation sites (tertiary alicyclic amines) is 6. The van der Waals surface area contributed by atoms with E-state index in [0.29, 0.717) is 173 Å². The first-order valence-corrected chi connectivity index (χ1v) is 46.7. The van der Waals surface area contributed by atoms with Crippen LogP contribution in [0.1, 0.15) is 308 Å². The fourth-order valence-electron chi connectivity index (χ4n) is 21.1. The number of hydrogen-bond donors (Lipinski definition) is 0. The number of amides is 6. The van der Waals surface area contributed by atoms with Crippen LogP contribution in [0.2, 0.25) is 0 Å². The van der Waals surface area contributed by atoms with Crippen LogP contribution in [0, 0.1) is 148 Å². The molecule has 17 nitrogen and oxygen atoms in total. The number of rotatable bonds is 31. The van der Waals surface area contributed by atoms with E-state index >= 15 is 0 Å². The molecule has 6 aliphatic rings. The molecule has 115 heavy (non-hydrogen) atoms. The van der Waals surface area contributed by atoms with Crippen LogP contribution in [0.4, 0.5) is 0 Å². The number of carbonyl (C=O) groups excluding carboxylic acids is 6. The maximum atomic E-state index is 13.1. The SMILES string of the molecule is CC(C)C(C(=O)N1C(C)CC[C@H]1C(C)C)C(C)C.CC1C[C@@H](C(C)C)N(C(=O)C(C(C)C)C(C)C)C1.COC(C)C(C(=O)N1C(C)CC[C@H]1C(C)C)C(C)C.COC(C)C(C(=O)N1CC(C)C[C@H]1C(C)C)C(C)C.COCC1C[C@@H](C(C)C)N(C(=O)C(C(C)C)C(C)C)C1.COCC1C[C@@H](C(C)C)N(C(=O)C(C(C)C)C(C)OC)C1. The van der Waals surface area contributed by atoms with Gasteiger partial charge in [-0.2, -0.15) is 0 Å². The second kappa shape index (κ2) is 52.2. The first-order chi connectivity index (χ1) is 53.2. The molecule has 6 heterocycles. The summed E-state index contributed by atoms with van der Waals surface area (Å²) >= 11 is 0. The van der Waals surface area contributed by atoms with Gasteiger partial charge in [-0.3, -0.25) is 28.8 Å². The molecule has 6 rings (SSSR count). The molecular weight excluding hydrogens is 1440 g/mol. The number of ether oxygens (including phenoxy) is 5. The zero-order valence-electron chi connectivity index (χ0n) is 82.9. The third-order valence-corrected chi connectivity index (χ3v) is 27.3. The molecule has 6 amide bonds. The van der Waals surface area contributed by atoms with Gasteiger partial charge in [-0.25, -0.2) is 0 Å². The van der Waals surface area contributed by atoms with Gasteiger partial charge in [0.15, 0.2) is 0 Å².